The van der Waals surface area contributed by atoms with Crippen molar-refractivity contribution in [2.45, 2.75) is 157 Å². The Morgan fingerprint density at radius 3 is 1.64 bits per heavy atom. The third-order valence-electron chi connectivity index (χ3n) is 8.26. The molecular weight excluding hydrogens is 591 g/mol. The first kappa shape index (κ1) is 41.2. The van der Waals surface area contributed by atoms with Crippen LogP contribution in [-0.2, 0) is 10.1 Å². The first-order valence-electron chi connectivity index (χ1n) is 18.0. The van der Waals surface area contributed by atoms with Crippen LogP contribution in [0.5, 0.6) is 11.5 Å². The van der Waals surface area contributed by atoms with Crippen LogP contribution in [0.25, 0.3) is 0 Å². The van der Waals surface area contributed by atoms with E-state index in [-0.39, 0.29) is 11.9 Å². The molecule has 1 aromatic rings. The Bertz CT molecular complexity index is 857. The molecule has 0 spiro atoms. The van der Waals surface area contributed by atoms with Gasteiger partial charge in [-0.05, 0) is 75.9 Å². The summed E-state index contributed by atoms with van der Waals surface area (Å²) in [6.45, 7) is 18.7. The van der Waals surface area contributed by atoms with E-state index in [1.54, 1.807) is 11.3 Å². The number of thiophene rings is 1. The van der Waals surface area contributed by atoms with Gasteiger partial charge in [0.25, 0.3) is 10.1 Å². The number of fused-ring (bicyclic) bond motifs is 1. The van der Waals surface area contributed by atoms with Gasteiger partial charge in [-0.1, -0.05) is 112 Å². The molecule has 6 nitrogen and oxygen atoms in total. The van der Waals surface area contributed by atoms with Crippen molar-refractivity contribution in [3.63, 3.8) is 0 Å². The minimum atomic E-state index is -3.80. The lowest BCUT2D eigenvalue weighted by atomic mass is 10.0. The molecule has 1 N–H and O–H groups in total. The van der Waals surface area contributed by atoms with Crippen LogP contribution in [0.3, 0.4) is 0 Å². The van der Waals surface area contributed by atoms with E-state index in [4.69, 9.17) is 14.0 Å². The number of ether oxygens (including phenoxy) is 2. The molecule has 0 radical (unpaired) electrons. The molecule has 260 valence electrons. The largest absolute Gasteiger partial charge is 0.485 e. The van der Waals surface area contributed by atoms with Gasteiger partial charge in [-0.2, -0.15) is 8.42 Å². The number of unbranched alkanes of at least 4 members (excludes halogenated alkanes) is 9. The summed E-state index contributed by atoms with van der Waals surface area (Å²) in [5.41, 5.74) is 0. The molecule has 2 heterocycles. The van der Waals surface area contributed by atoms with Gasteiger partial charge in [0, 0.05) is 10.8 Å². The third kappa shape index (κ3) is 24.4. The molecule has 8 heteroatoms. The number of hydrogen-bond acceptors (Lipinski definition) is 6. The van der Waals surface area contributed by atoms with Gasteiger partial charge in [-0.3, -0.25) is 4.55 Å². The van der Waals surface area contributed by atoms with Crippen LogP contribution in [0.2, 0.25) is 0 Å². The summed E-state index contributed by atoms with van der Waals surface area (Å²) in [4.78, 5) is 2.78. The zero-order valence-corrected chi connectivity index (χ0v) is 31.0. The monoisotopic (exact) mass is 659 g/mol. The van der Waals surface area contributed by atoms with Gasteiger partial charge in [0.2, 0.25) is 0 Å². The summed E-state index contributed by atoms with van der Waals surface area (Å²) in [5.74, 6) is 4.13. The van der Waals surface area contributed by atoms with Crippen molar-refractivity contribution >= 4 is 21.5 Å². The van der Waals surface area contributed by atoms with Crippen molar-refractivity contribution in [1.82, 2.24) is 4.90 Å². The number of rotatable bonds is 25. The molecule has 44 heavy (non-hydrogen) atoms. The first-order valence-corrected chi connectivity index (χ1v) is 20.5. The van der Waals surface area contributed by atoms with Crippen molar-refractivity contribution in [2.24, 2.45) is 17.8 Å². The quantitative estimate of drug-likeness (QED) is 0.0831. The predicted molar refractivity (Wildman–Crippen MR) is 190 cm³/mol. The molecule has 0 aliphatic carbocycles. The minimum Gasteiger partial charge on any atom is -0.485 e. The minimum absolute atomic E-state index is 0.0867. The maximum atomic E-state index is 10.5. The van der Waals surface area contributed by atoms with E-state index in [0.29, 0.717) is 13.0 Å². The number of nitrogens with zero attached hydrogens (tertiary/aromatic N) is 1. The second-order valence-corrected chi connectivity index (χ2v) is 16.5. The highest BCUT2D eigenvalue weighted by Crippen LogP contribution is 2.36. The topological polar surface area (TPSA) is 76.1 Å². The Kier molecular flexibility index (Phi) is 23.7. The van der Waals surface area contributed by atoms with Gasteiger partial charge in [-0.15, -0.1) is 11.3 Å². The summed E-state index contributed by atoms with van der Waals surface area (Å²) in [6.07, 6.45) is 21.2. The van der Waals surface area contributed by atoms with Crippen LogP contribution < -0.4 is 9.47 Å². The Balaban J connectivity index is 0.000000454. The molecule has 0 aromatic carbocycles. The molecular formula is C36H69NO5S2. The van der Waals surface area contributed by atoms with Crippen LogP contribution in [0, 0.1) is 17.8 Å². The van der Waals surface area contributed by atoms with E-state index in [1.807, 2.05) is 10.8 Å². The lowest BCUT2D eigenvalue weighted by Crippen LogP contribution is -2.28. The second-order valence-electron chi connectivity index (χ2n) is 14.2. The normalized spacial score (nSPS) is 14.9. The van der Waals surface area contributed by atoms with E-state index in [0.717, 1.165) is 54.9 Å². The maximum Gasteiger partial charge on any atom is 0.264 e. The third-order valence-corrected chi connectivity index (χ3v) is 9.76. The molecule has 1 unspecified atom stereocenters. The highest BCUT2D eigenvalue weighted by molar-refractivity contribution is 7.85. The fourth-order valence-corrected chi connectivity index (χ4v) is 6.78. The van der Waals surface area contributed by atoms with Crippen molar-refractivity contribution in [1.29, 1.82) is 0 Å². The Hall–Kier alpha value is -0.830. The highest BCUT2D eigenvalue weighted by atomic mass is 32.2. The lowest BCUT2D eigenvalue weighted by Gasteiger charge is -2.24. The van der Waals surface area contributed by atoms with Crippen LogP contribution >= 0.6 is 11.3 Å². The van der Waals surface area contributed by atoms with E-state index in [2.05, 4.69) is 46.4 Å². The van der Waals surface area contributed by atoms with Gasteiger partial charge in [-0.25, -0.2) is 0 Å². The van der Waals surface area contributed by atoms with Gasteiger partial charge in [0.15, 0.2) is 11.5 Å². The Morgan fingerprint density at radius 1 is 0.705 bits per heavy atom. The molecule has 1 aliphatic heterocycles. The summed E-state index contributed by atoms with van der Waals surface area (Å²) < 4.78 is 41.0. The first-order chi connectivity index (χ1) is 21.0. The SMILES string of the molecule is CC(C)CCCCCN(CCCCCC(C)C)CCCCCC(C)C.O=S(=O)(O)CCCCCCC1COc2cscc2O1. The van der Waals surface area contributed by atoms with E-state index in [1.165, 1.54) is 96.7 Å². The smallest absolute Gasteiger partial charge is 0.264 e. The highest BCUT2D eigenvalue weighted by Gasteiger charge is 2.21. The van der Waals surface area contributed by atoms with Gasteiger partial charge in [0.1, 0.15) is 12.7 Å². The molecule has 0 saturated heterocycles. The standard InChI is InChI=1S/C24H51N.C12H18O5S2/c1-22(2)16-10-7-13-19-25(20-14-8-11-17-23(3)4)21-15-9-12-18-24(5)6;13-19(14,15)6-4-2-1-3-5-10-7-16-11-8-18-9-12(11)17-10/h22-24H,7-21H2,1-6H3;8-10H,1-7H2,(H,13,14,15). The van der Waals surface area contributed by atoms with Crippen LogP contribution in [0.15, 0.2) is 10.8 Å². The van der Waals surface area contributed by atoms with Crippen molar-refractivity contribution < 1.29 is 22.4 Å². The Labute approximate surface area is 276 Å². The van der Waals surface area contributed by atoms with Crippen molar-refractivity contribution in [3.05, 3.63) is 10.8 Å². The molecule has 0 amide bonds. The average Bonchev–Trinajstić information content (AvgIpc) is 3.41. The van der Waals surface area contributed by atoms with Crippen LogP contribution in [0.1, 0.15) is 151 Å². The van der Waals surface area contributed by atoms with E-state index < -0.39 is 10.1 Å². The van der Waals surface area contributed by atoms with Gasteiger partial charge < -0.3 is 14.4 Å². The van der Waals surface area contributed by atoms with E-state index in [9.17, 15) is 8.42 Å². The molecule has 1 atom stereocenters. The number of hydrogen-bond donors (Lipinski definition) is 1. The fourth-order valence-electron chi connectivity index (χ4n) is 5.54. The zero-order valence-electron chi connectivity index (χ0n) is 29.4. The second kappa shape index (κ2) is 25.3. The van der Waals surface area contributed by atoms with Crippen molar-refractivity contribution in [3.8, 4) is 11.5 Å². The molecule has 1 aliphatic rings. The molecule has 0 bridgehead atoms. The van der Waals surface area contributed by atoms with Gasteiger partial charge >= 0.3 is 0 Å². The molecule has 0 fully saturated rings. The maximum absolute atomic E-state index is 10.5. The summed E-state index contributed by atoms with van der Waals surface area (Å²) in [6, 6.07) is 0. The van der Waals surface area contributed by atoms with Crippen LogP contribution in [-0.4, -0.2) is 56.0 Å². The summed E-state index contributed by atoms with van der Waals surface area (Å²) in [7, 11) is -3.80. The summed E-state index contributed by atoms with van der Waals surface area (Å²) in [5, 5.41) is 3.87. The van der Waals surface area contributed by atoms with Gasteiger partial charge in [0.05, 0.1) is 5.75 Å². The van der Waals surface area contributed by atoms with E-state index >= 15 is 0 Å². The van der Waals surface area contributed by atoms with Crippen LogP contribution in [0.4, 0.5) is 0 Å². The molecule has 0 saturated carbocycles. The average molecular weight is 660 g/mol. The molecule has 1 aromatic heterocycles. The Morgan fingerprint density at radius 2 is 1.16 bits per heavy atom. The lowest BCUT2D eigenvalue weighted by molar-refractivity contribution is 0.0842. The predicted octanol–water partition coefficient (Wildman–Crippen LogP) is 10.7. The fraction of sp³-hybridized carbons (Fsp3) is 0.889. The zero-order chi connectivity index (χ0) is 32.6. The summed E-state index contributed by atoms with van der Waals surface area (Å²) >= 11 is 1.56. The molecule has 2 rings (SSSR count). The van der Waals surface area contributed by atoms with Crippen molar-refractivity contribution in [2.75, 3.05) is 32.0 Å².